The fourth-order valence-corrected chi connectivity index (χ4v) is 3.00. The van der Waals surface area contributed by atoms with E-state index >= 15 is 0 Å². The second kappa shape index (κ2) is 10.1. The smallest absolute Gasteiger partial charge is 0.221 e. The van der Waals surface area contributed by atoms with Crippen molar-refractivity contribution in [3.63, 3.8) is 0 Å². The van der Waals surface area contributed by atoms with Crippen molar-refractivity contribution >= 4 is 5.91 Å². The maximum absolute atomic E-state index is 12.3. The van der Waals surface area contributed by atoms with Crippen LogP contribution in [0.1, 0.15) is 26.7 Å². The molecule has 24 heavy (non-hydrogen) atoms. The molecular weight excluding hydrogens is 306 g/mol. The maximum Gasteiger partial charge on any atom is 0.221 e. The van der Waals surface area contributed by atoms with E-state index in [1.165, 1.54) is 5.57 Å². The number of allylic oxidation sites excluding steroid dienone is 1. The predicted octanol–water partition coefficient (Wildman–Crippen LogP) is 0.880. The second-order valence-electron chi connectivity index (χ2n) is 7.09. The van der Waals surface area contributed by atoms with Gasteiger partial charge in [-0.25, -0.2) is 0 Å². The van der Waals surface area contributed by atoms with Gasteiger partial charge in [-0.3, -0.25) is 4.79 Å². The van der Waals surface area contributed by atoms with E-state index in [2.05, 4.69) is 42.1 Å². The topological polar surface area (TPSA) is 54.0 Å². The van der Waals surface area contributed by atoms with Gasteiger partial charge < -0.3 is 24.6 Å². The summed E-state index contributed by atoms with van der Waals surface area (Å²) < 4.78 is 11.4. The average molecular weight is 339 g/mol. The molecule has 2 rings (SSSR count). The largest absolute Gasteiger partial charge is 0.379 e. The molecule has 2 aliphatic heterocycles. The van der Waals surface area contributed by atoms with E-state index in [-0.39, 0.29) is 18.1 Å². The first kappa shape index (κ1) is 19.4. The Hall–Kier alpha value is -0.950. The highest BCUT2D eigenvalue weighted by Gasteiger charge is 2.27. The van der Waals surface area contributed by atoms with E-state index < -0.39 is 0 Å². The Morgan fingerprint density at radius 2 is 2.04 bits per heavy atom. The number of carbonyl (C=O) groups excluding carboxylic acids is 1. The molecule has 2 heterocycles. The molecule has 0 aliphatic carbocycles. The van der Waals surface area contributed by atoms with Crippen LogP contribution >= 0.6 is 0 Å². The lowest BCUT2D eigenvalue weighted by atomic mass is 10.1. The Bertz CT molecular complexity index is 416. The number of amides is 1. The van der Waals surface area contributed by atoms with Gasteiger partial charge in [0.05, 0.1) is 25.4 Å². The minimum absolute atomic E-state index is 0.0377. The van der Waals surface area contributed by atoms with Gasteiger partial charge in [-0.05, 0) is 27.3 Å². The number of carbonyl (C=O) groups is 1. The van der Waals surface area contributed by atoms with Gasteiger partial charge >= 0.3 is 0 Å². The van der Waals surface area contributed by atoms with E-state index in [1.807, 2.05) is 0 Å². The van der Waals surface area contributed by atoms with Crippen molar-refractivity contribution in [2.45, 2.75) is 38.8 Å². The van der Waals surface area contributed by atoms with Crippen LogP contribution in [0.15, 0.2) is 11.6 Å². The number of likely N-dealkylation sites (N-methyl/N-ethyl adjacent to an activating group) is 1. The molecule has 0 aromatic carbocycles. The Labute approximate surface area is 146 Å². The fraction of sp³-hybridized carbons (Fsp3) is 0.833. The lowest BCUT2D eigenvalue weighted by Gasteiger charge is -2.33. The summed E-state index contributed by atoms with van der Waals surface area (Å²) in [6, 6.07) is -0.0377. The molecule has 0 radical (unpaired) electrons. The fourth-order valence-electron chi connectivity index (χ4n) is 3.00. The van der Waals surface area contributed by atoms with Crippen molar-refractivity contribution in [1.82, 2.24) is 15.1 Å². The predicted molar refractivity (Wildman–Crippen MR) is 95.1 cm³/mol. The summed E-state index contributed by atoms with van der Waals surface area (Å²) in [4.78, 5) is 17.0. The van der Waals surface area contributed by atoms with Gasteiger partial charge in [-0.1, -0.05) is 11.6 Å². The number of rotatable bonds is 7. The zero-order chi connectivity index (χ0) is 17.4. The molecule has 0 aromatic rings. The average Bonchev–Trinajstić information content (AvgIpc) is 2.55. The molecule has 6 heteroatoms. The monoisotopic (exact) mass is 339 g/mol. The summed E-state index contributed by atoms with van der Waals surface area (Å²) in [5.41, 5.74) is 1.25. The summed E-state index contributed by atoms with van der Waals surface area (Å²) in [7, 11) is 2.14. The summed E-state index contributed by atoms with van der Waals surface area (Å²) in [5.74, 6) is 0.0974. The van der Waals surface area contributed by atoms with Crippen molar-refractivity contribution in [3.8, 4) is 0 Å². The number of nitrogens with one attached hydrogen (secondary N) is 1. The zero-order valence-corrected chi connectivity index (χ0v) is 15.4. The van der Waals surface area contributed by atoms with Crippen molar-refractivity contribution in [1.29, 1.82) is 0 Å². The van der Waals surface area contributed by atoms with E-state index in [0.29, 0.717) is 26.2 Å². The van der Waals surface area contributed by atoms with Gasteiger partial charge in [0.2, 0.25) is 5.91 Å². The molecule has 0 unspecified atom stereocenters. The van der Waals surface area contributed by atoms with E-state index in [0.717, 1.165) is 39.1 Å². The van der Waals surface area contributed by atoms with E-state index in [9.17, 15) is 4.79 Å². The van der Waals surface area contributed by atoms with Crippen molar-refractivity contribution in [2.75, 3.05) is 59.6 Å². The van der Waals surface area contributed by atoms with Crippen LogP contribution in [-0.2, 0) is 14.3 Å². The van der Waals surface area contributed by atoms with Crippen molar-refractivity contribution in [3.05, 3.63) is 11.6 Å². The number of hydrogen-bond acceptors (Lipinski definition) is 5. The lowest BCUT2D eigenvalue weighted by molar-refractivity contribution is -0.126. The maximum atomic E-state index is 12.3. The quantitative estimate of drug-likeness (QED) is 0.698. The highest BCUT2D eigenvalue weighted by Crippen LogP contribution is 2.13. The van der Waals surface area contributed by atoms with Gasteiger partial charge in [0.1, 0.15) is 0 Å². The molecule has 138 valence electrons. The molecule has 6 nitrogen and oxygen atoms in total. The van der Waals surface area contributed by atoms with Crippen LogP contribution in [0.25, 0.3) is 0 Å². The van der Waals surface area contributed by atoms with Crippen LogP contribution in [0.5, 0.6) is 0 Å². The second-order valence-corrected chi connectivity index (χ2v) is 7.09. The highest BCUT2D eigenvalue weighted by atomic mass is 16.5. The minimum atomic E-state index is -0.0377. The van der Waals surface area contributed by atoms with Crippen LogP contribution in [-0.4, -0.2) is 87.4 Å². The van der Waals surface area contributed by atoms with Crippen molar-refractivity contribution in [2.24, 2.45) is 0 Å². The molecule has 0 saturated carbocycles. The van der Waals surface area contributed by atoms with Gasteiger partial charge in [0, 0.05) is 45.8 Å². The molecule has 1 amide bonds. The van der Waals surface area contributed by atoms with Crippen LogP contribution < -0.4 is 5.32 Å². The van der Waals surface area contributed by atoms with E-state index in [1.54, 1.807) is 0 Å². The molecule has 2 atom stereocenters. The Balaban J connectivity index is 1.70. The number of hydrogen-bond donors (Lipinski definition) is 1. The lowest BCUT2D eigenvalue weighted by Crippen LogP contribution is -2.51. The van der Waals surface area contributed by atoms with Gasteiger partial charge in [-0.15, -0.1) is 0 Å². The first-order valence-electron chi connectivity index (χ1n) is 9.07. The SMILES string of the molecule is CC(C)=CCO[C@H]1CCOC[C@H]1NC(=O)CCN1CCN(C)CC1. The third-order valence-corrected chi connectivity index (χ3v) is 4.69. The Morgan fingerprint density at radius 1 is 1.29 bits per heavy atom. The molecule has 0 spiro atoms. The molecule has 0 bridgehead atoms. The minimum Gasteiger partial charge on any atom is -0.379 e. The van der Waals surface area contributed by atoms with Crippen LogP contribution in [0.2, 0.25) is 0 Å². The normalized spacial score (nSPS) is 26.1. The molecular formula is C18H33N3O3. The number of nitrogens with zero attached hydrogens (tertiary/aromatic N) is 2. The zero-order valence-electron chi connectivity index (χ0n) is 15.4. The standard InChI is InChI=1S/C18H33N3O3/c1-15(2)5-13-24-17-6-12-23-14-16(17)19-18(22)4-7-21-10-8-20(3)9-11-21/h5,16-17H,4,6-14H2,1-3H3,(H,19,22)/t16-,17+/m1/s1. The van der Waals surface area contributed by atoms with Gasteiger partial charge in [0.15, 0.2) is 0 Å². The molecule has 2 aliphatic rings. The molecule has 2 fully saturated rings. The Kier molecular flexibility index (Phi) is 8.18. The van der Waals surface area contributed by atoms with Gasteiger partial charge in [-0.2, -0.15) is 0 Å². The molecule has 1 N–H and O–H groups in total. The van der Waals surface area contributed by atoms with Crippen LogP contribution in [0, 0.1) is 0 Å². The number of piperazine rings is 1. The highest BCUT2D eigenvalue weighted by molar-refractivity contribution is 5.76. The molecule has 0 aromatic heterocycles. The third-order valence-electron chi connectivity index (χ3n) is 4.69. The summed E-state index contributed by atoms with van der Waals surface area (Å²) in [6.45, 7) is 11.0. The van der Waals surface area contributed by atoms with Crippen LogP contribution in [0.3, 0.4) is 0 Å². The van der Waals surface area contributed by atoms with E-state index in [4.69, 9.17) is 9.47 Å². The summed E-state index contributed by atoms with van der Waals surface area (Å²) in [5, 5.41) is 3.11. The van der Waals surface area contributed by atoms with Gasteiger partial charge in [0.25, 0.3) is 0 Å². The third kappa shape index (κ3) is 6.89. The Morgan fingerprint density at radius 3 is 2.75 bits per heavy atom. The number of ether oxygens (including phenoxy) is 2. The van der Waals surface area contributed by atoms with Crippen LogP contribution in [0.4, 0.5) is 0 Å². The first-order chi connectivity index (χ1) is 11.5. The summed E-state index contributed by atoms with van der Waals surface area (Å²) in [6.07, 6.45) is 3.49. The molecule has 2 saturated heterocycles. The summed E-state index contributed by atoms with van der Waals surface area (Å²) >= 11 is 0. The first-order valence-corrected chi connectivity index (χ1v) is 9.07. The van der Waals surface area contributed by atoms with Crippen molar-refractivity contribution < 1.29 is 14.3 Å².